The van der Waals surface area contributed by atoms with Crippen molar-refractivity contribution in [1.82, 2.24) is 14.9 Å². The zero-order valence-electron chi connectivity index (χ0n) is 15.2. The van der Waals surface area contributed by atoms with Gasteiger partial charge >= 0.3 is 0 Å². The summed E-state index contributed by atoms with van der Waals surface area (Å²) in [5.74, 6) is 0.170. The van der Waals surface area contributed by atoms with Crippen molar-refractivity contribution in [3.63, 3.8) is 0 Å². The van der Waals surface area contributed by atoms with Gasteiger partial charge in [0.1, 0.15) is 4.83 Å². The van der Waals surface area contributed by atoms with Crippen LogP contribution in [0.25, 0.3) is 10.2 Å². The minimum Gasteiger partial charge on any atom is -0.348 e. The predicted molar refractivity (Wildman–Crippen MR) is 111 cm³/mol. The van der Waals surface area contributed by atoms with Gasteiger partial charge in [0.2, 0.25) is 5.91 Å². The Hall–Kier alpha value is -1.64. The topological polar surface area (TPSA) is 64.0 Å². The molecule has 1 atom stereocenters. The molecule has 1 amide bonds. The molecule has 5 nitrogen and oxygen atoms in total. The SMILES string of the molecule is CCn1c(SCC(=O)N[C@H](C)c2cccs2)nc2sc(C)c(C)c2c1=O. The number of aryl methyl sites for hydroxylation is 2. The van der Waals surface area contributed by atoms with Crippen molar-refractivity contribution in [2.45, 2.75) is 45.4 Å². The third-order valence-electron chi connectivity index (χ3n) is 4.25. The molecular weight excluding hydrogens is 386 g/mol. The summed E-state index contributed by atoms with van der Waals surface area (Å²) in [4.78, 5) is 32.7. The maximum absolute atomic E-state index is 12.8. The van der Waals surface area contributed by atoms with Crippen LogP contribution in [0, 0.1) is 13.8 Å². The molecule has 3 aromatic rings. The van der Waals surface area contributed by atoms with E-state index in [0.29, 0.717) is 17.1 Å². The monoisotopic (exact) mass is 407 g/mol. The van der Waals surface area contributed by atoms with Crippen LogP contribution in [-0.4, -0.2) is 21.2 Å². The third-order valence-corrected chi connectivity index (χ3v) is 7.38. The first kappa shape index (κ1) is 19.1. The molecule has 0 saturated carbocycles. The number of fused-ring (bicyclic) bond motifs is 1. The van der Waals surface area contributed by atoms with Crippen molar-refractivity contribution < 1.29 is 4.79 Å². The lowest BCUT2D eigenvalue weighted by atomic mass is 10.2. The Morgan fingerprint density at radius 2 is 2.19 bits per heavy atom. The highest BCUT2D eigenvalue weighted by atomic mass is 32.2. The fourth-order valence-electron chi connectivity index (χ4n) is 2.72. The molecule has 3 heterocycles. The molecule has 8 heteroatoms. The van der Waals surface area contributed by atoms with Crippen LogP contribution < -0.4 is 10.9 Å². The molecule has 3 rings (SSSR count). The number of carbonyl (C=O) groups is 1. The summed E-state index contributed by atoms with van der Waals surface area (Å²) in [5.41, 5.74) is 0.984. The summed E-state index contributed by atoms with van der Waals surface area (Å²) in [5, 5.41) is 6.30. The van der Waals surface area contributed by atoms with Crippen LogP contribution >= 0.6 is 34.4 Å². The van der Waals surface area contributed by atoms with Gasteiger partial charge in [-0.3, -0.25) is 14.2 Å². The Bertz CT molecular complexity index is 989. The minimum absolute atomic E-state index is 0.0190. The van der Waals surface area contributed by atoms with E-state index in [1.165, 1.54) is 23.1 Å². The molecule has 0 bridgehead atoms. The van der Waals surface area contributed by atoms with Gasteiger partial charge in [0.15, 0.2) is 5.16 Å². The molecule has 0 aliphatic rings. The first-order valence-corrected chi connectivity index (χ1v) is 11.1. The van der Waals surface area contributed by atoms with E-state index in [0.717, 1.165) is 20.1 Å². The van der Waals surface area contributed by atoms with Gasteiger partial charge in [0.05, 0.1) is 17.2 Å². The Labute approximate surface area is 164 Å². The van der Waals surface area contributed by atoms with E-state index in [1.54, 1.807) is 15.9 Å². The standard InChI is InChI=1S/C18H21N3O2S3/c1-5-21-17(23)15-10(2)12(4)26-16(15)20-18(21)25-9-14(22)19-11(3)13-7-6-8-24-13/h6-8,11H,5,9H2,1-4H3,(H,19,22)/t11-/m1/s1. The number of nitrogens with zero attached hydrogens (tertiary/aromatic N) is 2. The number of carbonyl (C=O) groups excluding carboxylic acids is 1. The Balaban J connectivity index is 1.78. The average Bonchev–Trinajstić information content (AvgIpc) is 3.22. The number of amides is 1. The maximum atomic E-state index is 12.8. The molecule has 0 aromatic carbocycles. The second-order valence-electron chi connectivity index (χ2n) is 6.00. The summed E-state index contributed by atoms with van der Waals surface area (Å²) < 4.78 is 1.65. The number of aromatic nitrogens is 2. The van der Waals surface area contributed by atoms with Crippen LogP contribution in [0.5, 0.6) is 0 Å². The number of thioether (sulfide) groups is 1. The quantitative estimate of drug-likeness (QED) is 0.493. The smallest absolute Gasteiger partial charge is 0.263 e. The van der Waals surface area contributed by atoms with Crippen molar-refractivity contribution in [3.8, 4) is 0 Å². The second kappa shape index (κ2) is 7.94. The van der Waals surface area contributed by atoms with Crippen LogP contribution in [0.1, 0.15) is 35.2 Å². The predicted octanol–water partition coefficient (Wildman–Crippen LogP) is 4.13. The third kappa shape index (κ3) is 3.72. The lowest BCUT2D eigenvalue weighted by molar-refractivity contribution is -0.119. The Kier molecular flexibility index (Phi) is 5.84. The first-order valence-electron chi connectivity index (χ1n) is 8.38. The highest BCUT2D eigenvalue weighted by Crippen LogP contribution is 2.28. The fourth-order valence-corrected chi connectivity index (χ4v) is 5.40. The molecule has 1 N–H and O–H groups in total. The van der Waals surface area contributed by atoms with Crippen LogP contribution in [0.3, 0.4) is 0 Å². The first-order chi connectivity index (χ1) is 12.4. The van der Waals surface area contributed by atoms with E-state index in [4.69, 9.17) is 0 Å². The molecule has 3 aromatic heterocycles. The fraction of sp³-hybridized carbons (Fsp3) is 0.389. The van der Waals surface area contributed by atoms with Gasteiger partial charge in [-0.25, -0.2) is 4.98 Å². The van der Waals surface area contributed by atoms with Crippen LogP contribution in [-0.2, 0) is 11.3 Å². The Morgan fingerprint density at radius 1 is 1.42 bits per heavy atom. The molecular formula is C18H21N3O2S3. The minimum atomic E-state index is -0.0635. The summed E-state index contributed by atoms with van der Waals surface area (Å²) in [6.07, 6.45) is 0. The number of thiophene rings is 2. The number of hydrogen-bond donors (Lipinski definition) is 1. The van der Waals surface area contributed by atoms with E-state index in [-0.39, 0.29) is 23.3 Å². The highest BCUT2D eigenvalue weighted by molar-refractivity contribution is 7.99. The zero-order valence-corrected chi connectivity index (χ0v) is 17.6. The normalized spacial score (nSPS) is 12.5. The van der Waals surface area contributed by atoms with Gasteiger partial charge in [0, 0.05) is 16.3 Å². The van der Waals surface area contributed by atoms with Crippen molar-refractivity contribution in [3.05, 3.63) is 43.2 Å². The summed E-state index contributed by atoms with van der Waals surface area (Å²) in [6, 6.07) is 3.96. The van der Waals surface area contributed by atoms with Crippen molar-refractivity contribution in [2.24, 2.45) is 0 Å². The van der Waals surface area contributed by atoms with E-state index in [2.05, 4.69) is 10.3 Å². The molecule has 0 unspecified atom stereocenters. The number of hydrogen-bond acceptors (Lipinski definition) is 6. The van der Waals surface area contributed by atoms with Crippen LogP contribution in [0.2, 0.25) is 0 Å². The summed E-state index contributed by atoms with van der Waals surface area (Å²) >= 11 is 4.47. The second-order valence-corrected chi connectivity index (χ2v) is 9.13. The molecule has 26 heavy (non-hydrogen) atoms. The van der Waals surface area contributed by atoms with E-state index >= 15 is 0 Å². The number of nitrogens with one attached hydrogen (secondary N) is 1. The van der Waals surface area contributed by atoms with Crippen molar-refractivity contribution >= 4 is 50.6 Å². The summed E-state index contributed by atoms with van der Waals surface area (Å²) in [7, 11) is 0. The lowest BCUT2D eigenvalue weighted by Gasteiger charge is -2.13. The molecule has 0 aliphatic carbocycles. The largest absolute Gasteiger partial charge is 0.348 e. The van der Waals surface area contributed by atoms with Crippen LogP contribution in [0.15, 0.2) is 27.5 Å². The van der Waals surface area contributed by atoms with E-state index in [9.17, 15) is 9.59 Å². The molecule has 0 spiro atoms. The van der Waals surface area contributed by atoms with Gasteiger partial charge in [-0.1, -0.05) is 17.8 Å². The van der Waals surface area contributed by atoms with E-state index in [1.807, 2.05) is 45.2 Å². The highest BCUT2D eigenvalue weighted by Gasteiger charge is 2.17. The number of rotatable bonds is 6. The molecule has 0 saturated heterocycles. The summed E-state index contributed by atoms with van der Waals surface area (Å²) in [6.45, 7) is 8.39. The van der Waals surface area contributed by atoms with Gasteiger partial charge in [-0.05, 0) is 44.7 Å². The average molecular weight is 408 g/mol. The van der Waals surface area contributed by atoms with Gasteiger partial charge in [-0.15, -0.1) is 22.7 Å². The van der Waals surface area contributed by atoms with Crippen LogP contribution in [0.4, 0.5) is 0 Å². The van der Waals surface area contributed by atoms with E-state index < -0.39 is 0 Å². The van der Waals surface area contributed by atoms with Gasteiger partial charge in [-0.2, -0.15) is 0 Å². The van der Waals surface area contributed by atoms with Crippen molar-refractivity contribution in [1.29, 1.82) is 0 Å². The maximum Gasteiger partial charge on any atom is 0.263 e. The molecule has 0 fully saturated rings. The lowest BCUT2D eigenvalue weighted by Crippen LogP contribution is -2.28. The molecule has 138 valence electrons. The van der Waals surface area contributed by atoms with Crippen molar-refractivity contribution in [2.75, 3.05) is 5.75 Å². The molecule has 0 radical (unpaired) electrons. The van der Waals surface area contributed by atoms with Gasteiger partial charge in [0.25, 0.3) is 5.56 Å². The zero-order chi connectivity index (χ0) is 18.8. The van der Waals surface area contributed by atoms with Gasteiger partial charge < -0.3 is 5.32 Å². The Morgan fingerprint density at radius 3 is 2.85 bits per heavy atom. The molecule has 0 aliphatic heterocycles.